The molecule has 6 nitrogen and oxygen atoms in total. The lowest BCUT2D eigenvalue weighted by molar-refractivity contribution is 0.375. The van der Waals surface area contributed by atoms with E-state index in [1.807, 2.05) is 12.1 Å². The molecule has 3 aromatic rings. The van der Waals surface area contributed by atoms with Crippen LogP contribution in [0.2, 0.25) is 0 Å². The van der Waals surface area contributed by atoms with Crippen molar-refractivity contribution in [3.8, 4) is 11.6 Å². The Morgan fingerprint density at radius 1 is 1.33 bits per heavy atom. The molecule has 3 heterocycles. The minimum absolute atomic E-state index is 0.457. The molecular weight excluding hydrogens is 232 g/mol. The third kappa shape index (κ3) is 1.98. The van der Waals surface area contributed by atoms with Crippen molar-refractivity contribution in [1.29, 1.82) is 0 Å². The van der Waals surface area contributed by atoms with Crippen molar-refractivity contribution >= 4 is 11.0 Å². The molecule has 0 saturated heterocycles. The summed E-state index contributed by atoms with van der Waals surface area (Å²) in [6.07, 6.45) is 4.88. The van der Waals surface area contributed by atoms with Crippen LogP contribution >= 0.6 is 0 Å². The molecule has 0 saturated carbocycles. The Morgan fingerprint density at radius 3 is 3.11 bits per heavy atom. The lowest BCUT2D eigenvalue weighted by atomic mass is 10.3. The number of nitrogens with zero attached hydrogens (tertiary/aromatic N) is 3. The number of rotatable bonds is 4. The van der Waals surface area contributed by atoms with Crippen LogP contribution in [0, 0.1) is 0 Å². The fraction of sp³-hybridized carbons (Fsp3) is 0.250. The third-order valence-electron chi connectivity index (χ3n) is 2.61. The Morgan fingerprint density at radius 2 is 2.28 bits per heavy atom. The minimum Gasteiger partial charge on any atom is -0.451 e. The molecule has 0 amide bonds. The SMILES string of the molecule is NCCCc1nc(-c2cc3ccncc3o2)no1. The molecule has 92 valence electrons. The zero-order valence-corrected chi connectivity index (χ0v) is 9.67. The van der Waals surface area contributed by atoms with Crippen LogP contribution in [0.3, 0.4) is 0 Å². The number of nitrogens with two attached hydrogens (primary N) is 1. The maximum absolute atomic E-state index is 5.60. The fourth-order valence-electron chi connectivity index (χ4n) is 1.70. The van der Waals surface area contributed by atoms with Crippen LogP contribution in [-0.2, 0) is 6.42 Å². The van der Waals surface area contributed by atoms with Gasteiger partial charge in [-0.1, -0.05) is 5.16 Å². The van der Waals surface area contributed by atoms with Gasteiger partial charge in [0.1, 0.15) is 0 Å². The minimum atomic E-state index is 0.457. The predicted octanol–water partition coefficient (Wildman–Crippen LogP) is 1.77. The molecule has 0 aliphatic carbocycles. The molecule has 6 heteroatoms. The topological polar surface area (TPSA) is 91.0 Å². The average molecular weight is 244 g/mol. The third-order valence-corrected chi connectivity index (χ3v) is 2.61. The number of hydrogen-bond acceptors (Lipinski definition) is 6. The highest BCUT2D eigenvalue weighted by molar-refractivity contribution is 5.80. The number of aryl methyl sites for hydroxylation is 1. The van der Waals surface area contributed by atoms with Gasteiger partial charge in [0.05, 0.1) is 6.20 Å². The number of pyridine rings is 1. The van der Waals surface area contributed by atoms with Crippen molar-refractivity contribution in [3.63, 3.8) is 0 Å². The van der Waals surface area contributed by atoms with E-state index in [1.54, 1.807) is 12.4 Å². The van der Waals surface area contributed by atoms with Gasteiger partial charge >= 0.3 is 0 Å². The Hall–Kier alpha value is -2.21. The van der Waals surface area contributed by atoms with Gasteiger partial charge < -0.3 is 14.7 Å². The maximum Gasteiger partial charge on any atom is 0.238 e. The predicted molar refractivity (Wildman–Crippen MR) is 64.7 cm³/mol. The molecule has 0 fully saturated rings. The normalized spacial score (nSPS) is 11.2. The summed E-state index contributed by atoms with van der Waals surface area (Å²) < 4.78 is 10.7. The molecule has 2 N–H and O–H groups in total. The van der Waals surface area contributed by atoms with Crippen molar-refractivity contribution in [2.24, 2.45) is 5.73 Å². The van der Waals surface area contributed by atoms with E-state index in [0.29, 0.717) is 36.0 Å². The molecule has 0 aliphatic rings. The van der Waals surface area contributed by atoms with Crippen LogP contribution in [0.15, 0.2) is 33.5 Å². The summed E-state index contributed by atoms with van der Waals surface area (Å²) in [4.78, 5) is 8.26. The van der Waals surface area contributed by atoms with Gasteiger partial charge in [-0.3, -0.25) is 4.98 Å². The molecule has 0 aliphatic heterocycles. The average Bonchev–Trinajstić information content (AvgIpc) is 3.02. The van der Waals surface area contributed by atoms with E-state index in [9.17, 15) is 0 Å². The highest BCUT2D eigenvalue weighted by Crippen LogP contribution is 2.25. The van der Waals surface area contributed by atoms with E-state index < -0.39 is 0 Å². The maximum atomic E-state index is 5.60. The summed E-state index contributed by atoms with van der Waals surface area (Å²) in [5.41, 5.74) is 6.14. The first kappa shape index (κ1) is 10.9. The van der Waals surface area contributed by atoms with Crippen LogP contribution in [-0.4, -0.2) is 21.7 Å². The van der Waals surface area contributed by atoms with Gasteiger partial charge in [0.15, 0.2) is 11.3 Å². The Labute approximate surface area is 103 Å². The van der Waals surface area contributed by atoms with Crippen LogP contribution in [0.25, 0.3) is 22.6 Å². The Balaban J connectivity index is 1.91. The van der Waals surface area contributed by atoms with Crippen LogP contribution in [0.5, 0.6) is 0 Å². The standard InChI is InChI=1S/C12H12N4O2/c13-4-1-2-11-15-12(16-18-11)9-6-8-3-5-14-7-10(8)17-9/h3,5-7H,1-2,4,13H2. The second-order valence-electron chi connectivity index (χ2n) is 3.93. The van der Waals surface area contributed by atoms with E-state index in [0.717, 1.165) is 11.8 Å². The van der Waals surface area contributed by atoms with Crippen molar-refractivity contribution in [2.75, 3.05) is 6.54 Å². The summed E-state index contributed by atoms with van der Waals surface area (Å²) in [6.45, 7) is 0.605. The van der Waals surface area contributed by atoms with E-state index in [1.165, 1.54) is 0 Å². The molecule has 0 unspecified atom stereocenters. The molecule has 0 radical (unpaired) electrons. The van der Waals surface area contributed by atoms with E-state index >= 15 is 0 Å². The van der Waals surface area contributed by atoms with Crippen molar-refractivity contribution < 1.29 is 8.94 Å². The molecular formula is C12H12N4O2. The first-order valence-corrected chi connectivity index (χ1v) is 5.73. The number of aromatic nitrogens is 3. The summed E-state index contributed by atoms with van der Waals surface area (Å²) in [7, 11) is 0. The number of hydrogen-bond donors (Lipinski definition) is 1. The molecule has 18 heavy (non-hydrogen) atoms. The lowest BCUT2D eigenvalue weighted by Gasteiger charge is -1.88. The first-order valence-electron chi connectivity index (χ1n) is 5.73. The number of fused-ring (bicyclic) bond motifs is 1. The van der Waals surface area contributed by atoms with Gasteiger partial charge in [-0.25, -0.2) is 0 Å². The largest absolute Gasteiger partial charge is 0.451 e. The molecule has 0 bridgehead atoms. The van der Waals surface area contributed by atoms with Crippen LogP contribution in [0.4, 0.5) is 0 Å². The Kier molecular flexibility index (Phi) is 2.77. The zero-order chi connectivity index (χ0) is 12.4. The smallest absolute Gasteiger partial charge is 0.238 e. The summed E-state index contributed by atoms with van der Waals surface area (Å²) in [5, 5.41) is 4.86. The van der Waals surface area contributed by atoms with Gasteiger partial charge in [-0.15, -0.1) is 0 Å². The summed E-state index contributed by atoms with van der Waals surface area (Å²) >= 11 is 0. The zero-order valence-electron chi connectivity index (χ0n) is 9.67. The highest BCUT2D eigenvalue weighted by Gasteiger charge is 2.13. The van der Waals surface area contributed by atoms with E-state index in [2.05, 4.69) is 15.1 Å². The van der Waals surface area contributed by atoms with E-state index in [-0.39, 0.29) is 0 Å². The van der Waals surface area contributed by atoms with Crippen LogP contribution in [0.1, 0.15) is 12.3 Å². The van der Waals surface area contributed by atoms with Gasteiger partial charge in [0.25, 0.3) is 0 Å². The molecule has 0 spiro atoms. The molecule has 3 rings (SSSR count). The molecule has 0 aromatic carbocycles. The van der Waals surface area contributed by atoms with Crippen LogP contribution < -0.4 is 5.73 Å². The van der Waals surface area contributed by atoms with Gasteiger partial charge in [-0.2, -0.15) is 4.98 Å². The van der Waals surface area contributed by atoms with Gasteiger partial charge in [0.2, 0.25) is 11.7 Å². The van der Waals surface area contributed by atoms with E-state index in [4.69, 9.17) is 14.7 Å². The summed E-state index contributed by atoms with van der Waals surface area (Å²) in [5.74, 6) is 1.62. The van der Waals surface area contributed by atoms with Gasteiger partial charge in [0, 0.05) is 18.0 Å². The lowest BCUT2D eigenvalue weighted by Crippen LogP contribution is -2.00. The quantitative estimate of drug-likeness (QED) is 0.752. The molecule has 0 atom stereocenters. The summed E-state index contributed by atoms with van der Waals surface area (Å²) in [6, 6.07) is 3.74. The van der Waals surface area contributed by atoms with Crippen molar-refractivity contribution in [2.45, 2.75) is 12.8 Å². The second kappa shape index (κ2) is 4.58. The first-order chi connectivity index (χ1) is 8.86. The highest BCUT2D eigenvalue weighted by atomic mass is 16.5. The number of furan rings is 1. The Bertz CT molecular complexity index is 626. The fourth-order valence-corrected chi connectivity index (χ4v) is 1.70. The monoisotopic (exact) mass is 244 g/mol. The second-order valence-corrected chi connectivity index (χ2v) is 3.93. The van der Waals surface area contributed by atoms with Crippen molar-refractivity contribution in [3.05, 3.63) is 30.4 Å². The van der Waals surface area contributed by atoms with Crippen molar-refractivity contribution in [1.82, 2.24) is 15.1 Å². The van der Waals surface area contributed by atoms with Gasteiger partial charge in [-0.05, 0) is 25.1 Å². The molecule has 3 aromatic heterocycles.